The molecule has 0 atom stereocenters. The van der Waals surface area contributed by atoms with Crippen LogP contribution in [0.3, 0.4) is 0 Å². The molecule has 2 aromatic carbocycles. The second-order valence-electron chi connectivity index (χ2n) is 6.00. The van der Waals surface area contributed by atoms with Crippen LogP contribution in [0.5, 0.6) is 0 Å². The van der Waals surface area contributed by atoms with E-state index < -0.39 is 9.84 Å². The van der Waals surface area contributed by atoms with Crippen molar-refractivity contribution in [1.29, 1.82) is 0 Å². The molecule has 130 valence electrons. The van der Waals surface area contributed by atoms with Gasteiger partial charge < -0.3 is 5.32 Å². The first-order chi connectivity index (χ1) is 12.0. The highest BCUT2D eigenvalue weighted by Gasteiger charge is 2.34. The van der Waals surface area contributed by atoms with Crippen LogP contribution in [0.15, 0.2) is 52.3 Å². The summed E-state index contributed by atoms with van der Waals surface area (Å²) in [5, 5.41) is 2.78. The minimum absolute atomic E-state index is 0.00648. The van der Waals surface area contributed by atoms with E-state index in [1.807, 2.05) is 0 Å². The third-order valence-corrected chi connectivity index (χ3v) is 6.12. The zero-order chi connectivity index (χ0) is 18.0. The van der Waals surface area contributed by atoms with Crippen molar-refractivity contribution in [2.45, 2.75) is 36.0 Å². The average molecular weight is 357 g/mol. The molecule has 0 spiro atoms. The zero-order valence-corrected chi connectivity index (χ0v) is 14.7. The maximum Gasteiger partial charge on any atom is 0.251 e. The molecule has 1 heterocycles. The molecule has 3 rings (SSSR count). The topological polar surface area (TPSA) is 80.3 Å². The lowest BCUT2D eigenvalue weighted by Crippen LogP contribution is -2.26. The zero-order valence-electron chi connectivity index (χ0n) is 13.9. The van der Waals surface area contributed by atoms with E-state index in [9.17, 15) is 18.0 Å². The number of unbranched alkanes of at least 4 members (excludes halogenated alkanes) is 2. The number of hydrogen-bond acceptors (Lipinski definition) is 4. The third-order valence-electron chi connectivity index (χ3n) is 4.27. The van der Waals surface area contributed by atoms with Crippen molar-refractivity contribution in [3.05, 3.63) is 59.2 Å². The van der Waals surface area contributed by atoms with Gasteiger partial charge in [0.25, 0.3) is 5.91 Å². The van der Waals surface area contributed by atoms with Gasteiger partial charge in [-0.1, -0.05) is 31.9 Å². The molecule has 0 unspecified atom stereocenters. The predicted molar refractivity (Wildman–Crippen MR) is 93.6 cm³/mol. The van der Waals surface area contributed by atoms with Crippen molar-refractivity contribution in [2.24, 2.45) is 0 Å². The molecule has 0 radical (unpaired) electrons. The van der Waals surface area contributed by atoms with E-state index in [0.29, 0.717) is 6.54 Å². The summed E-state index contributed by atoms with van der Waals surface area (Å²) in [5.41, 5.74) is 0.527. The number of ketones is 1. The maximum absolute atomic E-state index is 12.8. The van der Waals surface area contributed by atoms with Gasteiger partial charge in [-0.15, -0.1) is 0 Å². The van der Waals surface area contributed by atoms with E-state index in [0.717, 1.165) is 19.3 Å². The molecule has 2 aromatic rings. The van der Waals surface area contributed by atoms with Gasteiger partial charge in [0.2, 0.25) is 9.84 Å². The molecule has 0 saturated heterocycles. The SMILES string of the molecule is CCCCCNC(=O)c1ccc2c(c1)S(=O)(=O)c1ccccc1C2=O. The number of sulfone groups is 1. The summed E-state index contributed by atoms with van der Waals surface area (Å²) in [4.78, 5) is 24.7. The molecule has 1 aliphatic heterocycles. The van der Waals surface area contributed by atoms with E-state index in [1.54, 1.807) is 12.1 Å². The average Bonchev–Trinajstić information content (AvgIpc) is 2.63. The lowest BCUT2D eigenvalue weighted by atomic mass is 10.0. The molecule has 6 heteroatoms. The van der Waals surface area contributed by atoms with Crippen LogP contribution >= 0.6 is 0 Å². The molecule has 25 heavy (non-hydrogen) atoms. The fourth-order valence-electron chi connectivity index (χ4n) is 2.90. The van der Waals surface area contributed by atoms with Crippen LogP contribution in [0.4, 0.5) is 0 Å². The molecular weight excluding hydrogens is 338 g/mol. The van der Waals surface area contributed by atoms with Crippen LogP contribution in [0.25, 0.3) is 0 Å². The number of fused-ring (bicyclic) bond motifs is 2. The fourth-order valence-corrected chi connectivity index (χ4v) is 4.58. The molecule has 5 nitrogen and oxygen atoms in total. The molecule has 1 N–H and O–H groups in total. The normalized spacial score (nSPS) is 14.5. The highest BCUT2D eigenvalue weighted by Crippen LogP contribution is 2.34. The Morgan fingerprint density at radius 3 is 2.48 bits per heavy atom. The molecule has 1 aliphatic rings. The Balaban J connectivity index is 1.96. The van der Waals surface area contributed by atoms with Crippen molar-refractivity contribution >= 4 is 21.5 Å². The van der Waals surface area contributed by atoms with Crippen molar-refractivity contribution in [1.82, 2.24) is 5.32 Å². The number of nitrogens with one attached hydrogen (secondary N) is 1. The third kappa shape index (κ3) is 3.09. The summed E-state index contributed by atoms with van der Waals surface area (Å²) in [7, 11) is -3.82. The van der Waals surface area contributed by atoms with E-state index in [1.165, 1.54) is 30.3 Å². The van der Waals surface area contributed by atoms with Gasteiger partial charge in [0.05, 0.1) is 9.79 Å². The van der Waals surface area contributed by atoms with Crippen molar-refractivity contribution in [2.75, 3.05) is 6.54 Å². The van der Waals surface area contributed by atoms with E-state index in [-0.39, 0.29) is 38.2 Å². The lowest BCUT2D eigenvalue weighted by molar-refractivity contribution is 0.0950. The first-order valence-corrected chi connectivity index (χ1v) is 9.76. The highest BCUT2D eigenvalue weighted by molar-refractivity contribution is 7.91. The van der Waals surface area contributed by atoms with Crippen LogP contribution < -0.4 is 5.32 Å². The van der Waals surface area contributed by atoms with Crippen molar-refractivity contribution in [3.8, 4) is 0 Å². The fraction of sp³-hybridized carbons (Fsp3) is 0.263. The quantitative estimate of drug-likeness (QED) is 0.712. The van der Waals surface area contributed by atoms with Crippen LogP contribution in [0.2, 0.25) is 0 Å². The van der Waals surface area contributed by atoms with Crippen LogP contribution in [0.1, 0.15) is 52.5 Å². The molecule has 0 saturated carbocycles. The Labute approximate surface area is 147 Å². The molecular formula is C19H19NO4S. The summed E-state index contributed by atoms with van der Waals surface area (Å²) in [6.45, 7) is 2.61. The molecule has 1 amide bonds. The molecule has 0 aromatic heterocycles. The number of carbonyl (C=O) groups is 2. The predicted octanol–water partition coefficient (Wildman–Crippen LogP) is 2.98. The van der Waals surface area contributed by atoms with Gasteiger partial charge in [-0.25, -0.2) is 8.42 Å². The van der Waals surface area contributed by atoms with Crippen molar-refractivity contribution < 1.29 is 18.0 Å². The second kappa shape index (κ2) is 6.80. The largest absolute Gasteiger partial charge is 0.352 e. The second-order valence-corrected chi connectivity index (χ2v) is 7.89. The van der Waals surface area contributed by atoms with E-state index >= 15 is 0 Å². The number of carbonyl (C=O) groups excluding carboxylic acids is 2. The van der Waals surface area contributed by atoms with Gasteiger partial charge in [-0.05, 0) is 36.8 Å². The van der Waals surface area contributed by atoms with Crippen LogP contribution in [0, 0.1) is 0 Å². The summed E-state index contributed by atoms with van der Waals surface area (Å²) in [5.74, 6) is -0.671. The van der Waals surface area contributed by atoms with Gasteiger partial charge in [0.15, 0.2) is 5.78 Å². The Morgan fingerprint density at radius 1 is 1.00 bits per heavy atom. The monoisotopic (exact) mass is 357 g/mol. The summed E-state index contributed by atoms with van der Waals surface area (Å²) in [6.07, 6.45) is 2.94. The Bertz CT molecular complexity index is 948. The first kappa shape index (κ1) is 17.4. The smallest absolute Gasteiger partial charge is 0.251 e. The van der Waals surface area contributed by atoms with Gasteiger partial charge in [-0.3, -0.25) is 9.59 Å². The minimum Gasteiger partial charge on any atom is -0.352 e. The van der Waals surface area contributed by atoms with Gasteiger partial charge in [0, 0.05) is 23.2 Å². The number of rotatable bonds is 5. The van der Waals surface area contributed by atoms with Gasteiger partial charge in [0.1, 0.15) is 0 Å². The molecule has 0 bridgehead atoms. The Hall–Kier alpha value is -2.47. The van der Waals surface area contributed by atoms with E-state index in [4.69, 9.17) is 0 Å². The summed E-state index contributed by atoms with van der Waals surface area (Å²) in [6, 6.07) is 10.4. The highest BCUT2D eigenvalue weighted by atomic mass is 32.2. The molecule has 0 aliphatic carbocycles. The maximum atomic E-state index is 12.8. The van der Waals surface area contributed by atoms with Gasteiger partial charge >= 0.3 is 0 Å². The van der Waals surface area contributed by atoms with Gasteiger partial charge in [-0.2, -0.15) is 0 Å². The van der Waals surface area contributed by atoms with Crippen LogP contribution in [-0.4, -0.2) is 26.7 Å². The first-order valence-electron chi connectivity index (χ1n) is 8.28. The number of benzene rings is 2. The standard InChI is InChI=1S/C19H19NO4S/c1-2-3-6-11-20-19(22)13-9-10-15-17(12-13)25(23,24)16-8-5-4-7-14(16)18(15)21/h4-5,7-10,12H,2-3,6,11H2,1H3,(H,20,22). The number of hydrogen-bond donors (Lipinski definition) is 1. The van der Waals surface area contributed by atoms with E-state index in [2.05, 4.69) is 12.2 Å². The summed E-state index contributed by atoms with van der Waals surface area (Å²) >= 11 is 0. The van der Waals surface area contributed by atoms with Crippen molar-refractivity contribution in [3.63, 3.8) is 0 Å². The number of amides is 1. The van der Waals surface area contributed by atoms with Crippen LogP contribution in [-0.2, 0) is 9.84 Å². The Morgan fingerprint density at radius 2 is 1.72 bits per heavy atom. The molecule has 0 fully saturated rings. The Kier molecular flexibility index (Phi) is 4.72. The lowest BCUT2D eigenvalue weighted by Gasteiger charge is -2.19. The summed E-state index contributed by atoms with van der Waals surface area (Å²) < 4.78 is 25.7. The minimum atomic E-state index is -3.82.